The van der Waals surface area contributed by atoms with Gasteiger partial charge in [0.2, 0.25) is 0 Å². The maximum Gasteiger partial charge on any atom is 0.330 e. The normalized spacial score (nSPS) is 15.9. The molecule has 0 atom stereocenters. The number of carbonyl (C=O) groups is 2. The monoisotopic (exact) mass is 429 g/mol. The molecule has 4 nitrogen and oxygen atoms in total. The van der Waals surface area contributed by atoms with Crippen LogP contribution in [-0.2, 0) is 14.3 Å². The Bertz CT molecular complexity index is 823. The van der Waals surface area contributed by atoms with E-state index in [4.69, 9.17) is 17.0 Å². The molecule has 1 aromatic rings. The molecule has 1 saturated heterocycles. The summed E-state index contributed by atoms with van der Waals surface area (Å²) in [7, 11) is 0. The molecule has 2 rings (SSSR count). The van der Waals surface area contributed by atoms with E-state index in [0.717, 1.165) is 36.0 Å². The van der Waals surface area contributed by atoms with Gasteiger partial charge in [-0.3, -0.25) is 4.79 Å². The van der Waals surface area contributed by atoms with Crippen molar-refractivity contribution in [1.82, 2.24) is 5.32 Å². The molecule has 1 N–H and O–H groups in total. The number of ether oxygens (including phenoxy) is 1. The lowest BCUT2D eigenvalue weighted by Crippen LogP contribution is -2.18. The third-order valence-electron chi connectivity index (χ3n) is 4.32. The van der Waals surface area contributed by atoms with Crippen molar-refractivity contribution in [3.63, 3.8) is 0 Å². The number of nitrogens with one attached hydrogen (secondary N) is 1. The number of allylic oxidation sites excluding steroid dienone is 2. The smallest absolute Gasteiger partial charge is 0.330 e. The van der Waals surface area contributed by atoms with Gasteiger partial charge in [-0.05, 0) is 42.5 Å². The molecule has 0 aromatic heterocycles. The number of benzene rings is 1. The number of thioether (sulfide) groups is 1. The van der Waals surface area contributed by atoms with Crippen LogP contribution in [0.25, 0.3) is 12.2 Å². The summed E-state index contributed by atoms with van der Waals surface area (Å²) in [4.78, 5) is 24.3. The van der Waals surface area contributed by atoms with Crippen molar-refractivity contribution < 1.29 is 14.3 Å². The number of carbonyl (C=O) groups excluding carboxylic acids is 2. The van der Waals surface area contributed by atoms with E-state index in [1.54, 1.807) is 13.0 Å². The Hall–Kier alpha value is -2.18. The minimum Gasteiger partial charge on any atom is -0.463 e. The summed E-state index contributed by atoms with van der Waals surface area (Å²) in [6.07, 6.45) is 12.6. The molecule has 1 fully saturated rings. The number of esters is 1. The third kappa shape index (κ3) is 7.99. The SMILES string of the molecule is CCCCCCC(C=Cc1ccc(/C=C/C(=O)OCC)cc1)=C1SC(=S)NC1=O. The highest BCUT2D eigenvalue weighted by Crippen LogP contribution is 2.30. The zero-order valence-corrected chi connectivity index (χ0v) is 18.5. The van der Waals surface area contributed by atoms with Crippen LogP contribution in [0.3, 0.4) is 0 Å². The van der Waals surface area contributed by atoms with Gasteiger partial charge < -0.3 is 10.1 Å². The van der Waals surface area contributed by atoms with Gasteiger partial charge in [0.05, 0.1) is 11.5 Å². The molecule has 0 unspecified atom stereocenters. The highest BCUT2D eigenvalue weighted by atomic mass is 32.2. The lowest BCUT2D eigenvalue weighted by atomic mass is 10.0. The second-order valence-corrected chi connectivity index (χ2v) is 8.28. The molecule has 29 heavy (non-hydrogen) atoms. The molecule has 0 bridgehead atoms. The molecule has 1 amide bonds. The predicted molar refractivity (Wildman–Crippen MR) is 125 cm³/mol. The van der Waals surface area contributed by atoms with E-state index in [1.807, 2.05) is 36.4 Å². The van der Waals surface area contributed by atoms with E-state index in [9.17, 15) is 9.59 Å². The van der Waals surface area contributed by atoms with Gasteiger partial charge in [-0.15, -0.1) is 0 Å². The molecular formula is C23H27NO3S2. The molecule has 154 valence electrons. The highest BCUT2D eigenvalue weighted by molar-refractivity contribution is 8.26. The van der Waals surface area contributed by atoms with Gasteiger partial charge in [0.1, 0.15) is 4.32 Å². The van der Waals surface area contributed by atoms with Crippen LogP contribution in [0.2, 0.25) is 0 Å². The number of unbranched alkanes of at least 4 members (excludes halogenated alkanes) is 3. The summed E-state index contributed by atoms with van der Waals surface area (Å²) >= 11 is 6.47. The first-order valence-corrected chi connectivity index (χ1v) is 11.1. The molecule has 0 radical (unpaired) electrons. The van der Waals surface area contributed by atoms with E-state index in [0.29, 0.717) is 15.8 Å². The average molecular weight is 430 g/mol. The van der Waals surface area contributed by atoms with Crippen molar-refractivity contribution in [2.24, 2.45) is 0 Å². The summed E-state index contributed by atoms with van der Waals surface area (Å²) < 4.78 is 5.39. The van der Waals surface area contributed by atoms with Crippen molar-refractivity contribution in [2.75, 3.05) is 6.61 Å². The van der Waals surface area contributed by atoms with Crippen LogP contribution in [0.15, 0.2) is 46.9 Å². The van der Waals surface area contributed by atoms with Gasteiger partial charge in [-0.25, -0.2) is 4.79 Å². The molecule has 1 aromatic carbocycles. The number of amides is 1. The van der Waals surface area contributed by atoms with Crippen molar-refractivity contribution in [3.8, 4) is 0 Å². The van der Waals surface area contributed by atoms with Crippen LogP contribution in [0.1, 0.15) is 57.1 Å². The van der Waals surface area contributed by atoms with E-state index in [1.165, 1.54) is 30.7 Å². The highest BCUT2D eigenvalue weighted by Gasteiger charge is 2.24. The van der Waals surface area contributed by atoms with E-state index in [-0.39, 0.29) is 11.9 Å². The average Bonchev–Trinajstić information content (AvgIpc) is 3.05. The van der Waals surface area contributed by atoms with Gasteiger partial charge in [0.25, 0.3) is 5.91 Å². The largest absolute Gasteiger partial charge is 0.463 e. The van der Waals surface area contributed by atoms with Gasteiger partial charge in [0.15, 0.2) is 0 Å². The summed E-state index contributed by atoms with van der Waals surface area (Å²) in [5.41, 5.74) is 2.97. The Labute approximate surface area is 182 Å². The first-order valence-electron chi connectivity index (χ1n) is 9.92. The van der Waals surface area contributed by atoms with Crippen LogP contribution in [-0.4, -0.2) is 22.8 Å². The van der Waals surface area contributed by atoms with Crippen LogP contribution in [0, 0.1) is 0 Å². The fourth-order valence-electron chi connectivity index (χ4n) is 2.81. The van der Waals surface area contributed by atoms with E-state index in [2.05, 4.69) is 12.2 Å². The van der Waals surface area contributed by atoms with Crippen LogP contribution >= 0.6 is 24.0 Å². The Balaban J connectivity index is 2.09. The van der Waals surface area contributed by atoms with Gasteiger partial charge in [-0.1, -0.05) is 86.6 Å². The van der Waals surface area contributed by atoms with Crippen molar-refractivity contribution in [3.05, 3.63) is 58.0 Å². The zero-order valence-electron chi connectivity index (χ0n) is 16.9. The Morgan fingerprint density at radius 2 is 1.72 bits per heavy atom. The molecule has 1 aliphatic rings. The van der Waals surface area contributed by atoms with Crippen LogP contribution in [0.4, 0.5) is 0 Å². The number of hydrogen-bond acceptors (Lipinski definition) is 5. The number of thiocarbonyl (C=S) groups is 1. The third-order valence-corrected chi connectivity index (χ3v) is 5.61. The second-order valence-electron chi connectivity index (χ2n) is 6.59. The minimum atomic E-state index is -0.346. The van der Waals surface area contributed by atoms with Crippen LogP contribution < -0.4 is 5.32 Å². The van der Waals surface area contributed by atoms with Gasteiger partial charge in [0, 0.05) is 6.08 Å². The maximum atomic E-state index is 12.2. The summed E-state index contributed by atoms with van der Waals surface area (Å²) in [6, 6.07) is 7.84. The zero-order chi connectivity index (χ0) is 21.1. The summed E-state index contributed by atoms with van der Waals surface area (Å²) in [5, 5.41) is 2.71. The first kappa shape index (κ1) is 23.1. The Morgan fingerprint density at radius 3 is 2.28 bits per heavy atom. The number of hydrogen-bond donors (Lipinski definition) is 1. The van der Waals surface area contributed by atoms with Crippen LogP contribution in [0.5, 0.6) is 0 Å². The summed E-state index contributed by atoms with van der Waals surface area (Å²) in [6.45, 7) is 4.33. The molecule has 0 spiro atoms. The lowest BCUT2D eigenvalue weighted by molar-refractivity contribution is -0.137. The standard InChI is InChI=1S/C23H27NO3S2/c1-3-5-6-7-8-19(21-22(26)24-23(28)29-21)15-13-17-9-11-18(12-10-17)14-16-20(25)27-4-2/h9-16H,3-8H2,1-2H3,(H,24,26,28)/b15-13?,16-14+,21-19?. The molecule has 1 aliphatic heterocycles. The van der Waals surface area contributed by atoms with Crippen molar-refractivity contribution in [1.29, 1.82) is 0 Å². The molecule has 0 saturated carbocycles. The van der Waals surface area contributed by atoms with Gasteiger partial charge in [-0.2, -0.15) is 0 Å². The summed E-state index contributed by atoms with van der Waals surface area (Å²) in [5.74, 6) is -0.448. The molecular weight excluding hydrogens is 402 g/mol. The molecule has 1 heterocycles. The fourth-order valence-corrected chi connectivity index (χ4v) is 3.93. The fraction of sp³-hybridized carbons (Fsp3) is 0.348. The Kier molecular flexibility index (Phi) is 9.88. The molecule has 6 heteroatoms. The maximum absolute atomic E-state index is 12.2. The second kappa shape index (κ2) is 12.4. The van der Waals surface area contributed by atoms with E-state index < -0.39 is 0 Å². The van der Waals surface area contributed by atoms with E-state index >= 15 is 0 Å². The first-order chi connectivity index (χ1) is 14.0. The van der Waals surface area contributed by atoms with Crippen molar-refractivity contribution in [2.45, 2.75) is 46.0 Å². The molecule has 0 aliphatic carbocycles. The minimum absolute atomic E-state index is 0.102. The quantitative estimate of drug-likeness (QED) is 0.225. The lowest BCUT2D eigenvalue weighted by Gasteiger charge is -2.05. The Morgan fingerprint density at radius 1 is 1.07 bits per heavy atom. The number of rotatable bonds is 10. The topological polar surface area (TPSA) is 55.4 Å². The van der Waals surface area contributed by atoms with Gasteiger partial charge >= 0.3 is 5.97 Å². The predicted octanol–water partition coefficient (Wildman–Crippen LogP) is 5.65. The van der Waals surface area contributed by atoms with Crippen molar-refractivity contribution >= 4 is 52.3 Å².